The predicted octanol–water partition coefficient (Wildman–Crippen LogP) is -1.71. The Morgan fingerprint density at radius 2 is 2.29 bits per heavy atom. The maximum atomic E-state index is 11.4. The number of hydrogen-bond acceptors (Lipinski definition) is 5. The zero-order chi connectivity index (χ0) is 12.8. The molecule has 0 spiro atoms. The van der Waals surface area contributed by atoms with Crippen molar-refractivity contribution < 1.29 is 14.8 Å². The molecule has 0 aromatic carbocycles. The van der Waals surface area contributed by atoms with Crippen LogP contribution in [0.1, 0.15) is 12.6 Å². The van der Waals surface area contributed by atoms with Crippen molar-refractivity contribution in [1.29, 1.82) is 0 Å². The Hall–Kier alpha value is -1.93. The molecule has 1 aromatic rings. The summed E-state index contributed by atoms with van der Waals surface area (Å²) in [5, 5.41) is 11.0. The summed E-state index contributed by atoms with van der Waals surface area (Å²) < 4.78 is 0. The summed E-state index contributed by atoms with van der Waals surface area (Å²) in [5.74, 6) is -1.19. The molecule has 8 heteroatoms. The SMILES string of the molecule is C[C@H](N)C(=O)N[C@@H](Cc1cnc[nH]1)C(=O)NO. The third-order valence-electron chi connectivity index (χ3n) is 2.14. The maximum Gasteiger partial charge on any atom is 0.266 e. The molecule has 0 aliphatic carbocycles. The first-order valence-corrected chi connectivity index (χ1v) is 5.01. The first kappa shape index (κ1) is 13.1. The number of carbonyl (C=O) groups excluding carboxylic acids is 2. The fraction of sp³-hybridized carbons (Fsp3) is 0.444. The first-order valence-electron chi connectivity index (χ1n) is 5.01. The molecule has 94 valence electrons. The Bertz CT molecular complexity index is 376. The summed E-state index contributed by atoms with van der Waals surface area (Å²) in [6, 6.07) is -1.63. The first-order chi connectivity index (χ1) is 8.04. The van der Waals surface area contributed by atoms with E-state index in [1.165, 1.54) is 24.9 Å². The van der Waals surface area contributed by atoms with E-state index in [0.29, 0.717) is 5.69 Å². The van der Waals surface area contributed by atoms with Crippen LogP contribution in [0.25, 0.3) is 0 Å². The van der Waals surface area contributed by atoms with Gasteiger partial charge in [0, 0.05) is 18.3 Å². The lowest BCUT2D eigenvalue weighted by atomic mass is 10.1. The second-order valence-electron chi connectivity index (χ2n) is 3.61. The van der Waals surface area contributed by atoms with Gasteiger partial charge >= 0.3 is 0 Å². The molecule has 0 unspecified atom stereocenters. The number of imidazole rings is 1. The molecule has 6 N–H and O–H groups in total. The average molecular weight is 241 g/mol. The zero-order valence-electron chi connectivity index (χ0n) is 9.30. The molecular weight excluding hydrogens is 226 g/mol. The van der Waals surface area contributed by atoms with Gasteiger partial charge in [0.2, 0.25) is 5.91 Å². The van der Waals surface area contributed by atoms with Gasteiger partial charge in [0.25, 0.3) is 5.91 Å². The van der Waals surface area contributed by atoms with Gasteiger partial charge in [-0.05, 0) is 6.92 Å². The Balaban J connectivity index is 2.67. The number of carbonyl (C=O) groups is 2. The van der Waals surface area contributed by atoms with Crippen LogP contribution < -0.4 is 16.5 Å². The van der Waals surface area contributed by atoms with Gasteiger partial charge in [-0.25, -0.2) is 10.5 Å². The molecule has 1 heterocycles. The molecule has 0 aliphatic heterocycles. The van der Waals surface area contributed by atoms with Crippen molar-refractivity contribution in [3.8, 4) is 0 Å². The number of aromatic amines is 1. The van der Waals surface area contributed by atoms with Crippen LogP contribution in [0.5, 0.6) is 0 Å². The van der Waals surface area contributed by atoms with Crippen molar-refractivity contribution in [3.63, 3.8) is 0 Å². The summed E-state index contributed by atoms with van der Waals surface area (Å²) >= 11 is 0. The van der Waals surface area contributed by atoms with Crippen LogP contribution in [-0.2, 0) is 16.0 Å². The fourth-order valence-electron chi connectivity index (χ4n) is 1.21. The highest BCUT2D eigenvalue weighted by Gasteiger charge is 2.22. The highest BCUT2D eigenvalue weighted by Crippen LogP contribution is 1.99. The summed E-state index contributed by atoms with van der Waals surface area (Å²) in [7, 11) is 0. The summed E-state index contributed by atoms with van der Waals surface area (Å²) in [4.78, 5) is 29.3. The quantitative estimate of drug-likeness (QED) is 0.309. The lowest BCUT2D eigenvalue weighted by Gasteiger charge is -2.17. The smallest absolute Gasteiger partial charge is 0.266 e. The molecule has 1 aromatic heterocycles. The number of hydrogen-bond donors (Lipinski definition) is 5. The van der Waals surface area contributed by atoms with Gasteiger partial charge in [-0.1, -0.05) is 0 Å². The number of nitrogens with one attached hydrogen (secondary N) is 3. The lowest BCUT2D eigenvalue weighted by Crippen LogP contribution is -2.51. The van der Waals surface area contributed by atoms with Crippen LogP contribution in [0.2, 0.25) is 0 Å². The average Bonchev–Trinajstić information content (AvgIpc) is 2.79. The molecular formula is C9H15N5O3. The van der Waals surface area contributed by atoms with Gasteiger partial charge in [0.15, 0.2) is 0 Å². The lowest BCUT2D eigenvalue weighted by molar-refractivity contribution is -0.134. The molecule has 2 atom stereocenters. The summed E-state index contributed by atoms with van der Waals surface area (Å²) in [6.45, 7) is 1.50. The Morgan fingerprint density at radius 1 is 1.59 bits per heavy atom. The topological polar surface area (TPSA) is 133 Å². The highest BCUT2D eigenvalue weighted by molar-refractivity contribution is 5.89. The number of nitrogens with zero attached hydrogens (tertiary/aromatic N) is 1. The van der Waals surface area contributed by atoms with Crippen LogP contribution in [0.3, 0.4) is 0 Å². The summed E-state index contributed by atoms with van der Waals surface area (Å²) in [6.07, 6.45) is 3.16. The molecule has 0 radical (unpaired) electrons. The largest absolute Gasteiger partial charge is 0.348 e. The summed E-state index contributed by atoms with van der Waals surface area (Å²) in [5.41, 5.74) is 7.52. The van der Waals surface area contributed by atoms with Crippen molar-refractivity contribution in [2.75, 3.05) is 0 Å². The van der Waals surface area contributed by atoms with E-state index >= 15 is 0 Å². The Kier molecular flexibility index (Phi) is 4.61. The minimum Gasteiger partial charge on any atom is -0.348 e. The van der Waals surface area contributed by atoms with E-state index in [1.54, 1.807) is 0 Å². The van der Waals surface area contributed by atoms with Crippen molar-refractivity contribution in [2.24, 2.45) is 5.73 Å². The van der Waals surface area contributed by atoms with Crippen molar-refractivity contribution in [1.82, 2.24) is 20.8 Å². The predicted molar refractivity (Wildman–Crippen MR) is 57.8 cm³/mol. The monoisotopic (exact) mass is 241 g/mol. The van der Waals surface area contributed by atoms with Gasteiger partial charge < -0.3 is 16.0 Å². The van der Waals surface area contributed by atoms with Crippen LogP contribution in [0, 0.1) is 0 Å². The Morgan fingerprint density at radius 3 is 2.76 bits per heavy atom. The van der Waals surface area contributed by atoms with Crippen molar-refractivity contribution in [2.45, 2.75) is 25.4 Å². The van der Waals surface area contributed by atoms with E-state index in [-0.39, 0.29) is 6.42 Å². The molecule has 0 saturated heterocycles. The second kappa shape index (κ2) is 5.97. The van der Waals surface area contributed by atoms with Gasteiger partial charge in [0.1, 0.15) is 6.04 Å². The number of hydroxylamine groups is 1. The van der Waals surface area contributed by atoms with Crippen molar-refractivity contribution >= 4 is 11.8 Å². The maximum absolute atomic E-state index is 11.4. The highest BCUT2D eigenvalue weighted by atomic mass is 16.5. The minimum absolute atomic E-state index is 0.185. The van der Waals surface area contributed by atoms with E-state index in [4.69, 9.17) is 10.9 Å². The molecule has 17 heavy (non-hydrogen) atoms. The van der Waals surface area contributed by atoms with Gasteiger partial charge in [-0.15, -0.1) is 0 Å². The van der Waals surface area contributed by atoms with E-state index < -0.39 is 23.9 Å². The molecule has 2 amide bonds. The normalized spacial score (nSPS) is 13.8. The molecule has 0 fully saturated rings. The van der Waals surface area contributed by atoms with Crippen molar-refractivity contribution in [3.05, 3.63) is 18.2 Å². The number of aromatic nitrogens is 2. The molecule has 0 aliphatic rings. The third-order valence-corrected chi connectivity index (χ3v) is 2.14. The number of amides is 2. The van der Waals surface area contributed by atoms with Crippen LogP contribution >= 0.6 is 0 Å². The Labute approximate surface area is 97.6 Å². The number of nitrogens with two attached hydrogens (primary N) is 1. The van der Waals surface area contributed by atoms with E-state index in [2.05, 4.69) is 15.3 Å². The van der Waals surface area contributed by atoms with Gasteiger partial charge in [-0.3, -0.25) is 14.8 Å². The van der Waals surface area contributed by atoms with Crippen LogP contribution in [-0.4, -0.2) is 39.1 Å². The number of H-pyrrole nitrogens is 1. The molecule has 1 rings (SSSR count). The van der Waals surface area contributed by atoms with E-state index in [1.807, 2.05) is 0 Å². The van der Waals surface area contributed by atoms with Gasteiger partial charge in [-0.2, -0.15) is 0 Å². The van der Waals surface area contributed by atoms with Crippen LogP contribution in [0.4, 0.5) is 0 Å². The number of rotatable bonds is 5. The van der Waals surface area contributed by atoms with Gasteiger partial charge in [0.05, 0.1) is 12.4 Å². The van der Waals surface area contributed by atoms with E-state index in [0.717, 1.165) is 0 Å². The van der Waals surface area contributed by atoms with E-state index in [9.17, 15) is 9.59 Å². The molecule has 0 saturated carbocycles. The molecule has 8 nitrogen and oxygen atoms in total. The standard InChI is InChI=1S/C9H15N5O3/c1-5(10)8(15)13-7(9(16)14-17)2-6-3-11-4-12-6/h3-5,7,17H,2,10H2,1H3,(H,11,12)(H,13,15)(H,14,16)/t5-,7-/m0/s1. The zero-order valence-corrected chi connectivity index (χ0v) is 9.30. The second-order valence-corrected chi connectivity index (χ2v) is 3.61. The fourth-order valence-corrected chi connectivity index (χ4v) is 1.21. The molecule has 0 bridgehead atoms. The minimum atomic E-state index is -0.904. The third kappa shape index (κ3) is 3.85. The van der Waals surface area contributed by atoms with Crippen LogP contribution in [0.15, 0.2) is 12.5 Å².